The van der Waals surface area contributed by atoms with Crippen molar-refractivity contribution in [3.8, 4) is 23.1 Å². The maximum atomic E-state index is 10.8. The van der Waals surface area contributed by atoms with Crippen LogP contribution in [0, 0.1) is 18.3 Å². The van der Waals surface area contributed by atoms with E-state index in [1.165, 1.54) is 0 Å². The summed E-state index contributed by atoms with van der Waals surface area (Å²) in [5.41, 5.74) is 3.12. The molecule has 31 heavy (non-hydrogen) atoms. The Labute approximate surface area is 182 Å². The smallest absolute Gasteiger partial charge is 0.304 e. The van der Waals surface area contributed by atoms with Crippen LogP contribution in [0.1, 0.15) is 55.7 Å². The molecule has 0 saturated carbocycles. The van der Waals surface area contributed by atoms with Crippen LogP contribution in [0.2, 0.25) is 0 Å². The predicted octanol–water partition coefficient (Wildman–Crippen LogP) is 3.50. The van der Waals surface area contributed by atoms with Gasteiger partial charge in [0.15, 0.2) is 5.82 Å². The van der Waals surface area contributed by atoms with E-state index < -0.39 is 5.97 Å². The highest BCUT2D eigenvalue weighted by atomic mass is 16.4. The van der Waals surface area contributed by atoms with Crippen molar-refractivity contribution in [2.45, 2.75) is 52.0 Å². The second-order valence-electron chi connectivity index (χ2n) is 8.37. The first-order valence-corrected chi connectivity index (χ1v) is 10.6. The normalized spacial score (nSPS) is 16.8. The Balaban J connectivity index is 1.82. The molecule has 1 aromatic heterocycles. The molecule has 8 heteroatoms. The van der Waals surface area contributed by atoms with Crippen molar-refractivity contribution in [1.82, 2.24) is 15.1 Å². The summed E-state index contributed by atoms with van der Waals surface area (Å²) >= 11 is 0. The molecule has 1 saturated heterocycles. The number of aliphatic carboxylic acids is 1. The van der Waals surface area contributed by atoms with E-state index in [-0.39, 0.29) is 18.2 Å². The first kappa shape index (κ1) is 22.5. The molecule has 0 bridgehead atoms. The Kier molecular flexibility index (Phi) is 7.08. The lowest BCUT2D eigenvalue weighted by molar-refractivity contribution is -0.137. The van der Waals surface area contributed by atoms with Crippen LogP contribution in [0.3, 0.4) is 0 Å². The van der Waals surface area contributed by atoms with E-state index in [0.717, 1.165) is 24.9 Å². The minimum atomic E-state index is -0.802. The van der Waals surface area contributed by atoms with Gasteiger partial charge in [-0.15, -0.1) is 10.2 Å². The van der Waals surface area contributed by atoms with E-state index in [1.54, 1.807) is 6.07 Å². The molecule has 0 aliphatic carbocycles. The fourth-order valence-corrected chi connectivity index (χ4v) is 3.95. The summed E-state index contributed by atoms with van der Waals surface area (Å²) in [6, 6.07) is 7.79. The van der Waals surface area contributed by atoms with Crippen molar-refractivity contribution in [3.63, 3.8) is 0 Å². The Morgan fingerprint density at radius 3 is 2.81 bits per heavy atom. The Morgan fingerprint density at radius 1 is 1.39 bits per heavy atom. The van der Waals surface area contributed by atoms with Gasteiger partial charge in [-0.25, -0.2) is 0 Å². The molecule has 0 spiro atoms. The lowest BCUT2D eigenvalue weighted by atomic mass is 9.97. The predicted molar refractivity (Wildman–Crippen MR) is 118 cm³/mol. The number of hydrogen-bond donors (Lipinski definition) is 3. The van der Waals surface area contributed by atoms with Gasteiger partial charge in [-0.1, -0.05) is 19.9 Å². The number of nitrogens with zero attached hydrogens (tertiary/aromatic N) is 4. The molecule has 1 atom stereocenters. The standard InChI is InChI=1S/C23H29N5O3/c1-14(2)16-6-7-18(20(29)11-16)22-15(3)19(12-24)23(27-26-22)25-17-5-4-9-28(13-17)10-8-21(30)31/h6-7,11,14,17,29H,4-5,8-10,13H2,1-3H3,(H,25,27)(H,30,31)/t17-/m1/s1. The van der Waals surface area contributed by atoms with Crippen molar-refractivity contribution in [2.24, 2.45) is 0 Å². The van der Waals surface area contributed by atoms with Gasteiger partial charge in [-0.05, 0) is 55.5 Å². The molecule has 3 N–H and O–H groups in total. The third-order valence-electron chi connectivity index (χ3n) is 5.76. The number of phenols is 1. The maximum Gasteiger partial charge on any atom is 0.304 e. The molecule has 1 aromatic carbocycles. The quantitative estimate of drug-likeness (QED) is 0.618. The van der Waals surface area contributed by atoms with Crippen molar-refractivity contribution < 1.29 is 15.0 Å². The number of likely N-dealkylation sites (tertiary alicyclic amines) is 1. The molecule has 1 aliphatic rings. The van der Waals surface area contributed by atoms with Crippen LogP contribution < -0.4 is 5.32 Å². The Morgan fingerprint density at radius 2 is 2.16 bits per heavy atom. The topological polar surface area (TPSA) is 122 Å². The van der Waals surface area contributed by atoms with Gasteiger partial charge in [0.1, 0.15) is 23.1 Å². The van der Waals surface area contributed by atoms with Crippen molar-refractivity contribution >= 4 is 11.8 Å². The molecule has 1 fully saturated rings. The molecule has 2 aromatic rings. The number of anilines is 1. The summed E-state index contributed by atoms with van der Waals surface area (Å²) in [4.78, 5) is 13.0. The molecular formula is C23H29N5O3. The number of hydrogen-bond acceptors (Lipinski definition) is 7. The minimum Gasteiger partial charge on any atom is -0.507 e. The van der Waals surface area contributed by atoms with E-state index in [4.69, 9.17) is 5.11 Å². The zero-order valence-electron chi connectivity index (χ0n) is 18.2. The summed E-state index contributed by atoms with van der Waals surface area (Å²) in [5.74, 6) is 0.0317. The number of phenolic OH excluding ortho intramolecular Hbond substituents is 1. The van der Waals surface area contributed by atoms with Gasteiger partial charge in [-0.2, -0.15) is 5.26 Å². The summed E-state index contributed by atoms with van der Waals surface area (Å²) in [7, 11) is 0. The highest BCUT2D eigenvalue weighted by molar-refractivity contribution is 5.74. The van der Waals surface area contributed by atoms with E-state index in [2.05, 4.69) is 40.3 Å². The number of aromatic hydroxyl groups is 1. The zero-order valence-corrected chi connectivity index (χ0v) is 18.2. The number of benzene rings is 1. The number of rotatable bonds is 7. The monoisotopic (exact) mass is 423 g/mol. The molecule has 3 rings (SSSR count). The average Bonchev–Trinajstić information content (AvgIpc) is 2.73. The first-order valence-electron chi connectivity index (χ1n) is 10.6. The van der Waals surface area contributed by atoms with E-state index in [0.29, 0.717) is 47.2 Å². The molecule has 0 unspecified atom stereocenters. The first-order chi connectivity index (χ1) is 14.8. The largest absolute Gasteiger partial charge is 0.507 e. The van der Waals surface area contributed by atoms with Gasteiger partial charge in [0.25, 0.3) is 0 Å². The van der Waals surface area contributed by atoms with Gasteiger partial charge < -0.3 is 20.4 Å². The molecule has 164 valence electrons. The molecule has 8 nitrogen and oxygen atoms in total. The molecule has 0 amide bonds. The average molecular weight is 424 g/mol. The lowest BCUT2D eigenvalue weighted by Crippen LogP contribution is -2.43. The van der Waals surface area contributed by atoms with Crippen LogP contribution in [0.15, 0.2) is 18.2 Å². The second kappa shape index (κ2) is 9.75. The summed E-state index contributed by atoms with van der Waals surface area (Å²) in [6.07, 6.45) is 1.97. The van der Waals surface area contributed by atoms with E-state index in [1.807, 2.05) is 19.1 Å². The van der Waals surface area contributed by atoms with Gasteiger partial charge in [0, 0.05) is 24.7 Å². The SMILES string of the molecule is Cc1c(-c2ccc(C(C)C)cc2O)nnc(N[C@@H]2CCCN(CCC(=O)O)C2)c1C#N. The number of carboxylic acids is 1. The van der Waals surface area contributed by atoms with Gasteiger partial charge in [0.05, 0.1) is 6.42 Å². The van der Waals surface area contributed by atoms with Crippen molar-refractivity contribution in [1.29, 1.82) is 5.26 Å². The van der Waals surface area contributed by atoms with Crippen LogP contribution >= 0.6 is 0 Å². The summed E-state index contributed by atoms with van der Waals surface area (Å²) in [6.45, 7) is 7.99. The summed E-state index contributed by atoms with van der Waals surface area (Å²) in [5, 5.41) is 41.1. The van der Waals surface area contributed by atoms with Crippen LogP contribution in [0.4, 0.5) is 5.82 Å². The summed E-state index contributed by atoms with van der Waals surface area (Å²) < 4.78 is 0. The molecule has 0 radical (unpaired) electrons. The Bertz CT molecular complexity index is 999. The zero-order chi connectivity index (χ0) is 22.5. The van der Waals surface area contributed by atoms with Crippen molar-refractivity contribution in [3.05, 3.63) is 34.9 Å². The molecule has 2 heterocycles. The molecular weight excluding hydrogens is 394 g/mol. The van der Waals surface area contributed by atoms with E-state index >= 15 is 0 Å². The van der Waals surface area contributed by atoms with Gasteiger partial charge in [-0.3, -0.25) is 4.79 Å². The lowest BCUT2D eigenvalue weighted by Gasteiger charge is -2.33. The number of aromatic nitrogens is 2. The van der Waals surface area contributed by atoms with Crippen LogP contribution in [0.5, 0.6) is 5.75 Å². The minimum absolute atomic E-state index is 0.0629. The van der Waals surface area contributed by atoms with E-state index in [9.17, 15) is 15.2 Å². The fraction of sp³-hybridized carbons (Fsp3) is 0.478. The van der Waals surface area contributed by atoms with Gasteiger partial charge >= 0.3 is 5.97 Å². The highest BCUT2D eigenvalue weighted by Crippen LogP contribution is 2.34. The van der Waals surface area contributed by atoms with Crippen LogP contribution in [-0.4, -0.2) is 57.0 Å². The Hall–Kier alpha value is -3.18. The number of nitrogens with one attached hydrogen (secondary N) is 1. The van der Waals surface area contributed by atoms with Crippen molar-refractivity contribution in [2.75, 3.05) is 25.0 Å². The fourth-order valence-electron chi connectivity index (χ4n) is 3.95. The number of carbonyl (C=O) groups is 1. The maximum absolute atomic E-state index is 10.8. The third-order valence-corrected chi connectivity index (χ3v) is 5.76. The van der Waals surface area contributed by atoms with Crippen LogP contribution in [0.25, 0.3) is 11.3 Å². The number of nitriles is 1. The second-order valence-corrected chi connectivity index (χ2v) is 8.37. The number of piperidine rings is 1. The van der Waals surface area contributed by atoms with Crippen LogP contribution in [-0.2, 0) is 4.79 Å². The molecule has 1 aliphatic heterocycles. The van der Waals surface area contributed by atoms with Gasteiger partial charge in [0.2, 0.25) is 0 Å². The number of carboxylic acid groups (broad SMARTS) is 1. The highest BCUT2D eigenvalue weighted by Gasteiger charge is 2.23. The third kappa shape index (κ3) is 5.30.